The molecule has 0 aliphatic heterocycles. The molecule has 0 aliphatic rings. The van der Waals surface area contributed by atoms with Crippen molar-refractivity contribution < 1.29 is 8.42 Å². The molecule has 0 fully saturated rings. The van der Waals surface area contributed by atoms with Crippen LogP contribution < -0.4 is 5.32 Å². The van der Waals surface area contributed by atoms with Crippen molar-refractivity contribution in [3.05, 3.63) is 0 Å². The highest BCUT2D eigenvalue weighted by Crippen LogP contribution is 2.10. The van der Waals surface area contributed by atoms with E-state index in [0.29, 0.717) is 6.54 Å². The van der Waals surface area contributed by atoms with E-state index < -0.39 is 9.84 Å². The largest absolute Gasteiger partial charge is 0.311 e. The fraction of sp³-hybridized carbons (Fsp3) is 1.00. The predicted molar refractivity (Wildman–Crippen MR) is 65.9 cm³/mol. The van der Waals surface area contributed by atoms with Crippen molar-refractivity contribution in [3.63, 3.8) is 0 Å². The lowest BCUT2D eigenvalue weighted by molar-refractivity contribution is 0.368. The Bertz CT molecular complexity index is 268. The van der Waals surface area contributed by atoms with E-state index in [1.807, 2.05) is 0 Å². The number of sulfone groups is 1. The molecule has 0 amide bonds. The van der Waals surface area contributed by atoms with Crippen molar-refractivity contribution in [1.82, 2.24) is 5.32 Å². The van der Waals surface area contributed by atoms with Crippen molar-refractivity contribution >= 4 is 9.84 Å². The van der Waals surface area contributed by atoms with Crippen LogP contribution in [0.3, 0.4) is 0 Å². The molecule has 0 aliphatic carbocycles. The van der Waals surface area contributed by atoms with Gasteiger partial charge in [-0.2, -0.15) is 0 Å². The zero-order valence-corrected chi connectivity index (χ0v) is 11.4. The molecule has 0 saturated heterocycles. The fourth-order valence-corrected chi connectivity index (χ4v) is 2.34. The van der Waals surface area contributed by atoms with E-state index in [2.05, 4.69) is 26.1 Å². The average molecular weight is 235 g/mol. The van der Waals surface area contributed by atoms with Gasteiger partial charge in [0.05, 0.1) is 11.0 Å². The molecule has 1 N–H and O–H groups in total. The number of hydrogen-bond acceptors (Lipinski definition) is 3. The summed E-state index contributed by atoms with van der Waals surface area (Å²) in [6.07, 6.45) is 2.17. The maximum atomic E-state index is 11.5. The third-order valence-electron chi connectivity index (χ3n) is 2.58. The van der Waals surface area contributed by atoms with Crippen LogP contribution in [0.4, 0.5) is 0 Å². The minimum Gasteiger partial charge on any atom is -0.311 e. The summed E-state index contributed by atoms with van der Waals surface area (Å²) in [6.45, 7) is 10.4. The summed E-state index contributed by atoms with van der Waals surface area (Å²) >= 11 is 0. The van der Waals surface area contributed by atoms with Crippen LogP contribution in [0.25, 0.3) is 0 Å². The van der Waals surface area contributed by atoms with Gasteiger partial charge in [-0.25, -0.2) is 8.42 Å². The second-order valence-electron chi connectivity index (χ2n) is 4.98. The quantitative estimate of drug-likeness (QED) is 0.734. The molecule has 92 valence electrons. The molecule has 4 heteroatoms. The zero-order chi connectivity index (χ0) is 12.1. The van der Waals surface area contributed by atoms with Gasteiger partial charge in [0.1, 0.15) is 0 Å². The van der Waals surface area contributed by atoms with Crippen LogP contribution >= 0.6 is 0 Å². The van der Waals surface area contributed by atoms with Gasteiger partial charge in [-0.3, -0.25) is 0 Å². The molecular formula is C11H25NO2S. The summed E-state index contributed by atoms with van der Waals surface area (Å²) in [7, 11) is -2.90. The molecule has 0 unspecified atom stereocenters. The maximum absolute atomic E-state index is 11.5. The SMILES string of the molecule is CCCC(C)(C)NCCS(=O)(=O)C(C)C. The maximum Gasteiger partial charge on any atom is 0.153 e. The van der Waals surface area contributed by atoms with E-state index >= 15 is 0 Å². The van der Waals surface area contributed by atoms with Gasteiger partial charge >= 0.3 is 0 Å². The van der Waals surface area contributed by atoms with Crippen LogP contribution in [0, 0.1) is 0 Å². The summed E-state index contributed by atoms with van der Waals surface area (Å²) in [6, 6.07) is 0. The van der Waals surface area contributed by atoms with Crippen molar-refractivity contribution in [3.8, 4) is 0 Å². The Hall–Kier alpha value is -0.0900. The number of nitrogens with one attached hydrogen (secondary N) is 1. The second kappa shape index (κ2) is 5.85. The van der Waals surface area contributed by atoms with E-state index in [9.17, 15) is 8.42 Å². The van der Waals surface area contributed by atoms with Crippen LogP contribution in [0.15, 0.2) is 0 Å². The normalized spacial score (nSPS) is 13.5. The molecule has 0 atom stereocenters. The molecule has 0 aromatic heterocycles. The van der Waals surface area contributed by atoms with Crippen LogP contribution in [-0.2, 0) is 9.84 Å². The van der Waals surface area contributed by atoms with Crippen LogP contribution in [0.5, 0.6) is 0 Å². The first-order valence-corrected chi connectivity index (χ1v) is 7.39. The second-order valence-corrected chi connectivity index (χ2v) is 7.65. The van der Waals surface area contributed by atoms with E-state index in [1.54, 1.807) is 13.8 Å². The van der Waals surface area contributed by atoms with E-state index in [1.165, 1.54) is 0 Å². The molecule has 3 nitrogen and oxygen atoms in total. The highest BCUT2D eigenvalue weighted by molar-refractivity contribution is 7.92. The summed E-state index contributed by atoms with van der Waals surface area (Å²) in [5, 5.41) is 3.02. The van der Waals surface area contributed by atoms with Gasteiger partial charge in [-0.05, 0) is 34.1 Å². The minimum absolute atomic E-state index is 0.0429. The Labute approximate surface area is 94.6 Å². The standard InChI is InChI=1S/C11H25NO2S/c1-6-7-11(4,5)12-8-9-15(13,14)10(2)3/h10,12H,6-9H2,1-5H3. The van der Waals surface area contributed by atoms with Gasteiger partial charge in [0.15, 0.2) is 9.84 Å². The first-order valence-electron chi connectivity index (χ1n) is 5.68. The van der Waals surface area contributed by atoms with Crippen LogP contribution in [-0.4, -0.2) is 31.5 Å². The molecule has 0 radical (unpaired) electrons. The lowest BCUT2D eigenvalue weighted by Gasteiger charge is -2.26. The summed E-state index contributed by atoms with van der Waals surface area (Å²) in [4.78, 5) is 0. The summed E-state index contributed by atoms with van der Waals surface area (Å²) in [5.74, 6) is 0.234. The zero-order valence-electron chi connectivity index (χ0n) is 10.6. The van der Waals surface area contributed by atoms with Crippen molar-refractivity contribution in [1.29, 1.82) is 0 Å². The average Bonchev–Trinajstić information content (AvgIpc) is 2.02. The molecule has 0 heterocycles. The lowest BCUT2D eigenvalue weighted by Crippen LogP contribution is -2.42. The molecule has 15 heavy (non-hydrogen) atoms. The van der Waals surface area contributed by atoms with Gasteiger partial charge < -0.3 is 5.32 Å². The topological polar surface area (TPSA) is 46.2 Å². The summed E-state index contributed by atoms with van der Waals surface area (Å²) in [5.41, 5.74) is 0.0429. The third-order valence-corrected chi connectivity index (χ3v) is 4.79. The Morgan fingerprint density at radius 1 is 1.27 bits per heavy atom. The van der Waals surface area contributed by atoms with Crippen LogP contribution in [0.2, 0.25) is 0 Å². The van der Waals surface area contributed by atoms with Gasteiger partial charge in [-0.15, -0.1) is 0 Å². The smallest absolute Gasteiger partial charge is 0.153 e. The monoisotopic (exact) mass is 235 g/mol. The number of rotatable bonds is 7. The first-order chi connectivity index (χ1) is 6.71. The van der Waals surface area contributed by atoms with Crippen molar-refractivity contribution in [2.45, 2.75) is 58.2 Å². The molecule has 0 spiro atoms. The Balaban J connectivity index is 4.00. The van der Waals surface area contributed by atoms with Crippen molar-refractivity contribution in [2.24, 2.45) is 0 Å². The molecule has 0 aromatic rings. The molecule has 0 rings (SSSR count). The Morgan fingerprint density at radius 3 is 2.20 bits per heavy atom. The van der Waals surface area contributed by atoms with Gasteiger partial charge in [0, 0.05) is 12.1 Å². The minimum atomic E-state index is -2.90. The van der Waals surface area contributed by atoms with E-state index in [4.69, 9.17) is 0 Å². The van der Waals surface area contributed by atoms with E-state index in [-0.39, 0.29) is 16.5 Å². The third kappa shape index (κ3) is 6.15. The molecule has 0 saturated carbocycles. The van der Waals surface area contributed by atoms with Gasteiger partial charge in [-0.1, -0.05) is 13.3 Å². The first kappa shape index (κ1) is 14.9. The van der Waals surface area contributed by atoms with Crippen molar-refractivity contribution in [2.75, 3.05) is 12.3 Å². The Morgan fingerprint density at radius 2 is 1.80 bits per heavy atom. The molecule has 0 aromatic carbocycles. The number of hydrogen-bond donors (Lipinski definition) is 1. The van der Waals surface area contributed by atoms with Crippen LogP contribution in [0.1, 0.15) is 47.5 Å². The predicted octanol–water partition coefficient (Wildman–Crippen LogP) is 1.98. The highest BCUT2D eigenvalue weighted by Gasteiger charge is 2.19. The van der Waals surface area contributed by atoms with Gasteiger partial charge in [0.2, 0.25) is 0 Å². The summed E-state index contributed by atoms with van der Waals surface area (Å²) < 4.78 is 23.1. The van der Waals surface area contributed by atoms with E-state index in [0.717, 1.165) is 12.8 Å². The van der Waals surface area contributed by atoms with Gasteiger partial charge in [0.25, 0.3) is 0 Å². The highest BCUT2D eigenvalue weighted by atomic mass is 32.2. The fourth-order valence-electron chi connectivity index (χ4n) is 1.48. The lowest BCUT2D eigenvalue weighted by atomic mass is 9.99. The Kier molecular flexibility index (Phi) is 5.81. The molecular weight excluding hydrogens is 210 g/mol. The molecule has 0 bridgehead atoms.